The Balaban J connectivity index is 2.66. The van der Waals surface area contributed by atoms with Gasteiger partial charge in [-0.2, -0.15) is 5.26 Å². The average molecular weight is 182 g/mol. The minimum atomic E-state index is 0.133. The number of hydrogen-bond donors (Lipinski definition) is 0. The molecule has 1 aliphatic rings. The summed E-state index contributed by atoms with van der Waals surface area (Å²) in [5, 5.41) is 9.14. The van der Waals surface area contributed by atoms with E-state index < -0.39 is 0 Å². The number of hydrogen-bond acceptors (Lipinski definition) is 3. The highest BCUT2D eigenvalue weighted by Crippen LogP contribution is 2.40. The van der Waals surface area contributed by atoms with E-state index in [1.54, 1.807) is 12.1 Å². The fourth-order valence-corrected chi connectivity index (χ4v) is 1.26. The molecule has 0 unspecified atom stereocenters. The molecule has 0 spiro atoms. The first kappa shape index (κ1) is 7.26. The van der Waals surface area contributed by atoms with E-state index >= 15 is 0 Å². The molecule has 1 aromatic carbocycles. The minimum Gasteiger partial charge on any atom is -0.452 e. The highest BCUT2D eigenvalue weighted by Gasteiger charge is 2.20. The Labute approximate surface area is 74.1 Å². The van der Waals surface area contributed by atoms with Gasteiger partial charge in [-0.1, -0.05) is 11.6 Å². The van der Waals surface area contributed by atoms with Crippen molar-refractivity contribution < 1.29 is 9.47 Å². The molecule has 4 heteroatoms. The summed E-state index contributed by atoms with van der Waals surface area (Å²) in [4.78, 5) is 0. The third-order valence-electron chi connectivity index (χ3n) is 1.59. The van der Waals surface area contributed by atoms with Gasteiger partial charge in [-0.15, -0.1) is 0 Å². The zero-order chi connectivity index (χ0) is 8.55. The molecule has 0 saturated heterocycles. The van der Waals surface area contributed by atoms with Gasteiger partial charge in [0.15, 0.2) is 11.5 Å². The maximum atomic E-state index is 8.66. The summed E-state index contributed by atoms with van der Waals surface area (Å²) in [6, 6.07) is 5.22. The van der Waals surface area contributed by atoms with E-state index in [1.165, 1.54) is 0 Å². The van der Waals surface area contributed by atoms with Gasteiger partial charge < -0.3 is 9.47 Å². The van der Waals surface area contributed by atoms with Crippen LogP contribution in [0.3, 0.4) is 0 Å². The summed E-state index contributed by atoms with van der Waals surface area (Å²) in [5.74, 6) is 0.917. The Bertz CT molecular complexity index is 370. The van der Waals surface area contributed by atoms with E-state index in [1.807, 2.05) is 6.07 Å². The molecule has 0 amide bonds. The van der Waals surface area contributed by atoms with Crippen LogP contribution in [0.1, 0.15) is 5.56 Å². The van der Waals surface area contributed by atoms with E-state index in [-0.39, 0.29) is 6.79 Å². The van der Waals surface area contributed by atoms with Crippen LogP contribution in [0.25, 0.3) is 0 Å². The Morgan fingerprint density at radius 1 is 1.33 bits per heavy atom. The van der Waals surface area contributed by atoms with E-state index in [0.717, 1.165) is 0 Å². The summed E-state index contributed by atoms with van der Waals surface area (Å²) >= 11 is 5.78. The average Bonchev–Trinajstić information content (AvgIpc) is 2.54. The van der Waals surface area contributed by atoms with E-state index in [4.69, 9.17) is 26.3 Å². The summed E-state index contributed by atoms with van der Waals surface area (Å²) in [5.41, 5.74) is 0.451. The number of nitrogens with zero attached hydrogens (tertiary/aromatic N) is 1. The van der Waals surface area contributed by atoms with Crippen molar-refractivity contribution in [3.8, 4) is 17.6 Å². The lowest BCUT2D eigenvalue weighted by Crippen LogP contribution is -1.93. The number of rotatable bonds is 0. The molecule has 0 N–H and O–H groups in total. The van der Waals surface area contributed by atoms with Gasteiger partial charge in [0.2, 0.25) is 6.79 Å². The molecule has 0 aromatic heterocycles. The van der Waals surface area contributed by atoms with E-state index in [0.29, 0.717) is 22.1 Å². The summed E-state index contributed by atoms with van der Waals surface area (Å²) in [6.45, 7) is 0.133. The molecule has 1 aromatic rings. The lowest BCUT2D eigenvalue weighted by molar-refractivity contribution is 0.174. The number of ether oxygens (including phenoxy) is 2. The van der Waals surface area contributed by atoms with E-state index in [9.17, 15) is 0 Å². The van der Waals surface area contributed by atoms with Gasteiger partial charge in [-0.25, -0.2) is 0 Å². The van der Waals surface area contributed by atoms with Gasteiger partial charge >= 0.3 is 0 Å². The van der Waals surface area contributed by atoms with Crippen molar-refractivity contribution in [2.75, 3.05) is 6.79 Å². The molecule has 0 aliphatic carbocycles. The Kier molecular flexibility index (Phi) is 1.56. The van der Waals surface area contributed by atoms with Crippen LogP contribution in [0.5, 0.6) is 11.5 Å². The second-order valence-electron chi connectivity index (χ2n) is 2.27. The summed E-state index contributed by atoms with van der Waals surface area (Å²) < 4.78 is 10.1. The van der Waals surface area contributed by atoms with Crippen LogP contribution in [0.4, 0.5) is 0 Å². The molecular formula is C8H4ClNO2. The first-order valence-electron chi connectivity index (χ1n) is 3.31. The fraction of sp³-hybridized carbons (Fsp3) is 0.125. The van der Waals surface area contributed by atoms with Crippen LogP contribution < -0.4 is 9.47 Å². The normalized spacial score (nSPS) is 12.7. The molecular weight excluding hydrogens is 178 g/mol. The highest BCUT2D eigenvalue weighted by molar-refractivity contribution is 6.32. The van der Waals surface area contributed by atoms with Crippen molar-refractivity contribution in [1.82, 2.24) is 0 Å². The molecule has 2 rings (SSSR count). The van der Waals surface area contributed by atoms with Crippen LogP contribution in [0, 0.1) is 11.3 Å². The largest absolute Gasteiger partial charge is 0.452 e. The lowest BCUT2D eigenvalue weighted by Gasteiger charge is -1.98. The van der Waals surface area contributed by atoms with Crippen molar-refractivity contribution in [2.24, 2.45) is 0 Å². The maximum Gasteiger partial charge on any atom is 0.231 e. The van der Waals surface area contributed by atoms with Gasteiger partial charge in [-0.05, 0) is 12.1 Å². The van der Waals surface area contributed by atoms with Crippen LogP contribution in [-0.4, -0.2) is 6.79 Å². The van der Waals surface area contributed by atoms with Crippen LogP contribution in [-0.2, 0) is 0 Å². The zero-order valence-electron chi connectivity index (χ0n) is 6.00. The van der Waals surface area contributed by atoms with Crippen molar-refractivity contribution in [2.45, 2.75) is 0 Å². The van der Waals surface area contributed by atoms with Gasteiger partial charge in [0.25, 0.3) is 0 Å². The molecule has 0 fully saturated rings. The van der Waals surface area contributed by atoms with Crippen LogP contribution >= 0.6 is 11.6 Å². The Morgan fingerprint density at radius 3 is 2.83 bits per heavy atom. The zero-order valence-corrected chi connectivity index (χ0v) is 6.76. The predicted octanol–water partition coefficient (Wildman–Crippen LogP) is 1.94. The van der Waals surface area contributed by atoms with Crippen molar-refractivity contribution >= 4 is 11.6 Å². The third-order valence-corrected chi connectivity index (χ3v) is 1.89. The van der Waals surface area contributed by atoms with Crippen LogP contribution in [0.15, 0.2) is 12.1 Å². The third kappa shape index (κ3) is 0.892. The Morgan fingerprint density at radius 2 is 2.08 bits per heavy atom. The summed E-state index contributed by atoms with van der Waals surface area (Å²) in [6.07, 6.45) is 0. The van der Waals surface area contributed by atoms with Gasteiger partial charge in [0, 0.05) is 0 Å². The van der Waals surface area contributed by atoms with Crippen molar-refractivity contribution in [3.63, 3.8) is 0 Å². The number of fused-ring (bicyclic) bond motifs is 1. The quantitative estimate of drug-likeness (QED) is 0.614. The molecule has 0 bridgehead atoms. The number of halogens is 1. The highest BCUT2D eigenvalue weighted by atomic mass is 35.5. The number of nitriles is 1. The fourth-order valence-electron chi connectivity index (χ4n) is 1.05. The monoisotopic (exact) mass is 181 g/mol. The molecule has 0 saturated carbocycles. The van der Waals surface area contributed by atoms with E-state index in [2.05, 4.69) is 0 Å². The van der Waals surface area contributed by atoms with Crippen molar-refractivity contribution in [1.29, 1.82) is 5.26 Å². The lowest BCUT2D eigenvalue weighted by atomic mass is 10.2. The SMILES string of the molecule is N#Cc1ccc(Cl)c2c1OCO2. The van der Waals surface area contributed by atoms with Gasteiger partial charge in [-0.3, -0.25) is 0 Å². The van der Waals surface area contributed by atoms with Gasteiger partial charge in [0.1, 0.15) is 6.07 Å². The summed E-state index contributed by atoms with van der Waals surface area (Å²) in [7, 11) is 0. The first-order valence-corrected chi connectivity index (χ1v) is 3.69. The molecule has 3 nitrogen and oxygen atoms in total. The second kappa shape index (κ2) is 2.58. The predicted molar refractivity (Wildman–Crippen MR) is 42.3 cm³/mol. The molecule has 1 heterocycles. The molecule has 0 atom stereocenters. The molecule has 12 heavy (non-hydrogen) atoms. The minimum absolute atomic E-state index is 0.133. The molecule has 60 valence electrons. The smallest absolute Gasteiger partial charge is 0.231 e. The van der Waals surface area contributed by atoms with Crippen molar-refractivity contribution in [3.05, 3.63) is 22.7 Å². The molecule has 0 radical (unpaired) electrons. The standard InChI is InChI=1S/C8H4ClNO2/c9-6-2-1-5(3-10)7-8(6)12-4-11-7/h1-2H,4H2. The second-order valence-corrected chi connectivity index (χ2v) is 2.68. The number of benzene rings is 1. The first-order chi connectivity index (χ1) is 5.83. The Hall–Kier alpha value is -1.40. The maximum absolute atomic E-state index is 8.66. The molecule has 1 aliphatic heterocycles. The van der Waals surface area contributed by atoms with Gasteiger partial charge in [0.05, 0.1) is 10.6 Å². The topological polar surface area (TPSA) is 42.2 Å². The van der Waals surface area contributed by atoms with Crippen LogP contribution in [0.2, 0.25) is 5.02 Å².